The van der Waals surface area contributed by atoms with E-state index >= 15 is 0 Å². The number of nitrogens with one attached hydrogen (secondary N) is 1. The second-order valence-electron chi connectivity index (χ2n) is 6.52. The fourth-order valence-corrected chi connectivity index (χ4v) is 4.45. The van der Waals surface area contributed by atoms with Gasteiger partial charge in [0, 0.05) is 26.2 Å². The van der Waals surface area contributed by atoms with E-state index in [1.165, 1.54) is 12.1 Å². The standard InChI is InChI=1S/C17H24N2O5S/c20-17(21)15-11-14(6-7-16(15)19-8-2-1-3-9-19)25(22,23)18-12-13-5-4-10-24-13/h6-7,11,13,18H,1-5,8-10,12H2,(H,20,21). The van der Waals surface area contributed by atoms with Crippen molar-refractivity contribution >= 4 is 21.7 Å². The van der Waals surface area contributed by atoms with Crippen LogP contribution in [0, 0.1) is 0 Å². The highest BCUT2D eigenvalue weighted by Gasteiger charge is 2.24. The molecule has 2 aliphatic rings. The van der Waals surface area contributed by atoms with Crippen LogP contribution in [0.25, 0.3) is 0 Å². The Morgan fingerprint density at radius 2 is 2.00 bits per heavy atom. The van der Waals surface area contributed by atoms with Crippen LogP contribution in [0.5, 0.6) is 0 Å². The highest BCUT2D eigenvalue weighted by atomic mass is 32.2. The van der Waals surface area contributed by atoms with E-state index < -0.39 is 16.0 Å². The number of aromatic carboxylic acids is 1. The maximum absolute atomic E-state index is 12.5. The molecule has 2 heterocycles. The third kappa shape index (κ3) is 4.31. The van der Waals surface area contributed by atoms with Gasteiger partial charge in [-0.3, -0.25) is 0 Å². The molecule has 2 N–H and O–H groups in total. The molecule has 2 fully saturated rings. The van der Waals surface area contributed by atoms with Gasteiger partial charge in [0.25, 0.3) is 0 Å². The van der Waals surface area contributed by atoms with E-state index in [0.29, 0.717) is 12.3 Å². The molecule has 3 rings (SSSR count). The molecule has 0 bridgehead atoms. The molecular formula is C17H24N2O5S. The number of carbonyl (C=O) groups is 1. The quantitative estimate of drug-likeness (QED) is 0.795. The summed E-state index contributed by atoms with van der Waals surface area (Å²) in [5.41, 5.74) is 0.618. The maximum Gasteiger partial charge on any atom is 0.337 e. The number of ether oxygens (including phenoxy) is 1. The topological polar surface area (TPSA) is 95.9 Å². The first-order valence-corrected chi connectivity index (χ1v) is 10.2. The molecule has 2 saturated heterocycles. The normalized spacial score (nSPS) is 21.4. The third-order valence-corrected chi connectivity index (χ3v) is 6.15. The van der Waals surface area contributed by atoms with Crippen molar-refractivity contribution in [3.05, 3.63) is 23.8 Å². The minimum absolute atomic E-state index is 0.0244. The Kier molecular flexibility index (Phi) is 5.61. The molecule has 1 atom stereocenters. The fourth-order valence-electron chi connectivity index (χ4n) is 3.36. The van der Waals surface area contributed by atoms with Crippen LogP contribution in [0.15, 0.2) is 23.1 Å². The van der Waals surface area contributed by atoms with Gasteiger partial charge in [-0.25, -0.2) is 17.9 Å². The number of sulfonamides is 1. The van der Waals surface area contributed by atoms with Crippen molar-refractivity contribution in [2.45, 2.75) is 43.1 Å². The van der Waals surface area contributed by atoms with Crippen molar-refractivity contribution in [2.75, 3.05) is 31.1 Å². The summed E-state index contributed by atoms with van der Waals surface area (Å²) in [6.07, 6.45) is 4.82. The number of anilines is 1. The van der Waals surface area contributed by atoms with Gasteiger partial charge in [-0.05, 0) is 50.3 Å². The van der Waals surface area contributed by atoms with Gasteiger partial charge >= 0.3 is 5.97 Å². The number of carboxylic acids is 1. The summed E-state index contributed by atoms with van der Waals surface area (Å²) in [5, 5.41) is 9.53. The molecule has 138 valence electrons. The Hall–Kier alpha value is -1.64. The van der Waals surface area contributed by atoms with Crippen molar-refractivity contribution in [1.82, 2.24) is 4.72 Å². The van der Waals surface area contributed by atoms with Gasteiger partial charge in [0.05, 0.1) is 22.3 Å². The number of nitrogens with zero attached hydrogens (tertiary/aromatic N) is 1. The second-order valence-corrected chi connectivity index (χ2v) is 8.29. The molecule has 0 spiro atoms. The molecule has 2 aliphatic heterocycles. The number of piperidine rings is 1. The lowest BCUT2D eigenvalue weighted by molar-refractivity contribution is 0.0697. The van der Waals surface area contributed by atoms with E-state index in [2.05, 4.69) is 4.72 Å². The Morgan fingerprint density at radius 3 is 2.64 bits per heavy atom. The highest BCUT2D eigenvalue weighted by molar-refractivity contribution is 7.89. The largest absolute Gasteiger partial charge is 0.478 e. The monoisotopic (exact) mass is 368 g/mol. The second kappa shape index (κ2) is 7.72. The van der Waals surface area contributed by atoms with Crippen molar-refractivity contribution in [3.63, 3.8) is 0 Å². The molecular weight excluding hydrogens is 344 g/mol. The molecule has 1 unspecified atom stereocenters. The van der Waals surface area contributed by atoms with E-state index in [4.69, 9.17) is 4.74 Å². The predicted octanol–water partition coefficient (Wildman–Crippen LogP) is 1.83. The summed E-state index contributed by atoms with van der Waals surface area (Å²) in [7, 11) is -3.76. The first-order chi connectivity index (χ1) is 12.0. The number of benzene rings is 1. The smallest absolute Gasteiger partial charge is 0.337 e. The van der Waals surface area contributed by atoms with E-state index in [1.54, 1.807) is 6.07 Å². The van der Waals surface area contributed by atoms with Crippen molar-refractivity contribution in [1.29, 1.82) is 0 Å². The molecule has 25 heavy (non-hydrogen) atoms. The number of carboxylic acid groups (broad SMARTS) is 1. The number of rotatable bonds is 6. The molecule has 0 radical (unpaired) electrons. The van der Waals surface area contributed by atoms with Gasteiger partial charge in [-0.15, -0.1) is 0 Å². The molecule has 0 aliphatic carbocycles. The lowest BCUT2D eigenvalue weighted by atomic mass is 10.1. The fraction of sp³-hybridized carbons (Fsp3) is 0.588. The van der Waals surface area contributed by atoms with E-state index in [-0.39, 0.29) is 23.1 Å². The average molecular weight is 368 g/mol. The molecule has 1 aromatic rings. The number of hydrogen-bond acceptors (Lipinski definition) is 5. The zero-order valence-electron chi connectivity index (χ0n) is 14.1. The van der Waals surface area contributed by atoms with Crippen LogP contribution in [0.3, 0.4) is 0 Å². The molecule has 0 saturated carbocycles. The Morgan fingerprint density at radius 1 is 1.24 bits per heavy atom. The first kappa shape index (κ1) is 18.2. The van der Waals surface area contributed by atoms with E-state index in [9.17, 15) is 18.3 Å². The lowest BCUT2D eigenvalue weighted by Crippen LogP contribution is -2.33. The SMILES string of the molecule is O=C(O)c1cc(S(=O)(=O)NCC2CCCO2)ccc1N1CCCCC1. The molecule has 7 nitrogen and oxygen atoms in total. The first-order valence-electron chi connectivity index (χ1n) is 8.71. The van der Waals surface area contributed by atoms with Crippen LogP contribution in [0.4, 0.5) is 5.69 Å². The Balaban J connectivity index is 1.81. The summed E-state index contributed by atoms with van der Waals surface area (Å²) in [6, 6.07) is 4.34. The van der Waals surface area contributed by atoms with Crippen LogP contribution in [-0.4, -0.2) is 51.8 Å². The Bertz CT molecular complexity index is 723. The van der Waals surface area contributed by atoms with Crippen molar-refractivity contribution in [3.8, 4) is 0 Å². The van der Waals surface area contributed by atoms with Gasteiger partial charge < -0.3 is 14.7 Å². The molecule has 0 aromatic heterocycles. The van der Waals surface area contributed by atoms with Crippen LogP contribution >= 0.6 is 0 Å². The molecule has 8 heteroatoms. The predicted molar refractivity (Wildman–Crippen MR) is 93.6 cm³/mol. The lowest BCUT2D eigenvalue weighted by Gasteiger charge is -2.30. The van der Waals surface area contributed by atoms with E-state index in [1.807, 2.05) is 4.90 Å². The van der Waals surface area contributed by atoms with Crippen LogP contribution in [0.2, 0.25) is 0 Å². The van der Waals surface area contributed by atoms with E-state index in [0.717, 1.165) is 45.2 Å². The number of hydrogen-bond donors (Lipinski definition) is 2. The van der Waals surface area contributed by atoms with Gasteiger partial charge in [0.15, 0.2) is 0 Å². The average Bonchev–Trinajstić information content (AvgIpc) is 3.14. The zero-order chi connectivity index (χ0) is 17.9. The summed E-state index contributed by atoms with van der Waals surface area (Å²) in [6.45, 7) is 2.45. The summed E-state index contributed by atoms with van der Waals surface area (Å²) in [4.78, 5) is 13.6. The summed E-state index contributed by atoms with van der Waals surface area (Å²) >= 11 is 0. The molecule has 1 aromatic carbocycles. The zero-order valence-corrected chi connectivity index (χ0v) is 14.9. The minimum atomic E-state index is -3.76. The van der Waals surface area contributed by atoms with Gasteiger partial charge in [-0.2, -0.15) is 0 Å². The maximum atomic E-state index is 12.5. The van der Waals surface area contributed by atoms with Crippen LogP contribution in [-0.2, 0) is 14.8 Å². The van der Waals surface area contributed by atoms with Crippen molar-refractivity contribution < 1.29 is 23.1 Å². The summed E-state index contributed by atoms with van der Waals surface area (Å²) < 4.78 is 32.9. The van der Waals surface area contributed by atoms with Gasteiger partial charge in [0.1, 0.15) is 0 Å². The Labute approximate surface area is 148 Å². The minimum Gasteiger partial charge on any atom is -0.478 e. The summed E-state index contributed by atoms with van der Waals surface area (Å²) in [5.74, 6) is -1.11. The van der Waals surface area contributed by atoms with Crippen LogP contribution < -0.4 is 9.62 Å². The van der Waals surface area contributed by atoms with Gasteiger partial charge in [-0.1, -0.05) is 0 Å². The molecule has 0 amide bonds. The van der Waals surface area contributed by atoms with Crippen LogP contribution in [0.1, 0.15) is 42.5 Å². The van der Waals surface area contributed by atoms with Crippen molar-refractivity contribution in [2.24, 2.45) is 0 Å². The third-order valence-electron chi connectivity index (χ3n) is 4.73. The van der Waals surface area contributed by atoms with Gasteiger partial charge in [0.2, 0.25) is 10.0 Å². The highest BCUT2D eigenvalue weighted by Crippen LogP contribution is 2.27.